The molecule has 0 bridgehead atoms. The molecule has 2 fully saturated rings. The number of hydrogen-bond donors (Lipinski definition) is 1. The molecule has 0 unspecified atom stereocenters. The molecule has 0 saturated carbocycles. The molecule has 1 N–H and O–H groups in total. The molecule has 0 aromatic heterocycles. The van der Waals surface area contributed by atoms with E-state index in [9.17, 15) is 21.6 Å². The number of methoxy groups -OCH3 is 1. The minimum Gasteiger partial charge on any atom is -0.495 e. The lowest BCUT2D eigenvalue weighted by Crippen LogP contribution is -2.44. The molecule has 13 heteroatoms. The SMILES string of the molecule is COc1ccc(S(=O)(=O)N2CCCC2)cc1NC(=O)[C@@H]1CCCN(S(=O)(=O)Cc2c(Cl)cccc2Cl)C1. The quantitative estimate of drug-likeness (QED) is 0.498. The van der Waals surface area contributed by atoms with Crippen LogP contribution in [0.5, 0.6) is 5.75 Å². The minimum absolute atomic E-state index is 0.00960. The smallest absolute Gasteiger partial charge is 0.243 e. The van der Waals surface area contributed by atoms with Crippen molar-refractivity contribution < 1.29 is 26.4 Å². The number of benzene rings is 2. The molecule has 2 aliphatic rings. The molecule has 0 spiro atoms. The molecule has 2 heterocycles. The third-order valence-electron chi connectivity index (χ3n) is 6.67. The number of amides is 1. The Morgan fingerprint density at radius 1 is 1.00 bits per heavy atom. The number of nitrogens with zero attached hydrogens (tertiary/aromatic N) is 2. The number of ether oxygens (including phenoxy) is 1. The standard InChI is InChI=1S/C24H29Cl2N3O6S2/c1-35-23-10-9-18(37(33,34)28-11-2-3-12-28)14-22(23)27-24(30)17-6-5-13-29(15-17)36(31,32)16-19-20(25)7-4-8-21(19)26/h4,7-10,14,17H,2-3,5-6,11-13,15-16H2,1H3,(H,27,30)/t17-/m1/s1. The number of halogens is 2. The van der Waals surface area contributed by atoms with Gasteiger partial charge in [-0.15, -0.1) is 0 Å². The summed E-state index contributed by atoms with van der Waals surface area (Å²) >= 11 is 12.3. The third kappa shape index (κ3) is 6.23. The highest BCUT2D eigenvalue weighted by Crippen LogP contribution is 2.32. The fraction of sp³-hybridized carbons (Fsp3) is 0.458. The second-order valence-electron chi connectivity index (χ2n) is 9.12. The van der Waals surface area contributed by atoms with Crippen molar-refractivity contribution in [2.75, 3.05) is 38.6 Å². The number of nitrogens with one attached hydrogen (secondary N) is 1. The molecule has 2 aromatic rings. The number of carbonyl (C=O) groups excluding carboxylic acids is 1. The van der Waals surface area contributed by atoms with Crippen LogP contribution >= 0.6 is 23.2 Å². The van der Waals surface area contributed by atoms with E-state index in [0.717, 1.165) is 12.8 Å². The molecule has 202 valence electrons. The van der Waals surface area contributed by atoms with Crippen molar-refractivity contribution in [3.8, 4) is 5.75 Å². The van der Waals surface area contributed by atoms with Crippen LogP contribution in [0.1, 0.15) is 31.2 Å². The van der Waals surface area contributed by atoms with Gasteiger partial charge in [-0.2, -0.15) is 4.31 Å². The number of carbonyl (C=O) groups is 1. The highest BCUT2D eigenvalue weighted by Gasteiger charge is 2.34. The van der Waals surface area contributed by atoms with E-state index < -0.39 is 31.9 Å². The average molecular weight is 591 g/mol. The first kappa shape index (κ1) is 28.1. The second-order valence-corrected chi connectivity index (χ2v) is 13.8. The molecule has 0 radical (unpaired) electrons. The first-order valence-electron chi connectivity index (χ1n) is 11.9. The van der Waals surface area contributed by atoms with E-state index in [1.54, 1.807) is 18.2 Å². The summed E-state index contributed by atoms with van der Waals surface area (Å²) in [6.45, 7) is 1.19. The van der Waals surface area contributed by atoms with Crippen LogP contribution in [0.25, 0.3) is 0 Å². The Labute approximate surface area is 227 Å². The van der Waals surface area contributed by atoms with Crippen molar-refractivity contribution in [2.24, 2.45) is 5.92 Å². The third-order valence-corrected chi connectivity index (χ3v) is 11.0. The number of sulfonamides is 2. The number of piperidine rings is 1. The summed E-state index contributed by atoms with van der Waals surface area (Å²) < 4.78 is 60.4. The Morgan fingerprint density at radius 2 is 1.65 bits per heavy atom. The number of anilines is 1. The van der Waals surface area contributed by atoms with E-state index in [2.05, 4.69) is 5.32 Å². The van der Waals surface area contributed by atoms with Crippen molar-refractivity contribution >= 4 is 54.8 Å². The van der Waals surface area contributed by atoms with Crippen molar-refractivity contribution in [1.82, 2.24) is 8.61 Å². The zero-order valence-corrected chi connectivity index (χ0v) is 23.5. The zero-order valence-electron chi connectivity index (χ0n) is 20.3. The first-order valence-corrected chi connectivity index (χ1v) is 15.7. The summed E-state index contributed by atoms with van der Waals surface area (Å²) in [5.41, 5.74) is 0.536. The Morgan fingerprint density at radius 3 is 2.30 bits per heavy atom. The minimum atomic E-state index is -3.79. The maximum Gasteiger partial charge on any atom is 0.243 e. The van der Waals surface area contributed by atoms with E-state index in [1.165, 1.54) is 33.9 Å². The van der Waals surface area contributed by atoms with E-state index in [0.29, 0.717) is 37.2 Å². The number of rotatable bonds is 8. The van der Waals surface area contributed by atoms with Crippen LogP contribution in [0.3, 0.4) is 0 Å². The van der Waals surface area contributed by atoms with E-state index >= 15 is 0 Å². The van der Waals surface area contributed by atoms with Gasteiger partial charge in [0.25, 0.3) is 0 Å². The van der Waals surface area contributed by atoms with Crippen LogP contribution in [0, 0.1) is 5.92 Å². The fourth-order valence-electron chi connectivity index (χ4n) is 4.61. The molecule has 2 aliphatic heterocycles. The highest BCUT2D eigenvalue weighted by molar-refractivity contribution is 7.89. The predicted molar refractivity (Wildman–Crippen MR) is 143 cm³/mol. The van der Waals surface area contributed by atoms with Gasteiger partial charge in [-0.1, -0.05) is 29.3 Å². The van der Waals surface area contributed by atoms with Gasteiger partial charge in [0.1, 0.15) is 5.75 Å². The molecular formula is C24H29Cl2N3O6S2. The van der Waals surface area contributed by atoms with Gasteiger partial charge in [0.05, 0.1) is 29.4 Å². The molecule has 2 aromatic carbocycles. The van der Waals surface area contributed by atoms with E-state index in [-0.39, 0.29) is 39.5 Å². The Kier molecular flexibility index (Phi) is 8.72. The Bertz CT molecular complexity index is 1360. The van der Waals surface area contributed by atoms with Crippen molar-refractivity contribution in [3.63, 3.8) is 0 Å². The second kappa shape index (κ2) is 11.5. The lowest BCUT2D eigenvalue weighted by Gasteiger charge is -2.31. The normalized spacial score (nSPS) is 19.6. The summed E-state index contributed by atoms with van der Waals surface area (Å²) in [4.78, 5) is 13.3. The molecule has 1 amide bonds. The van der Waals surface area contributed by atoms with Crippen molar-refractivity contribution in [3.05, 3.63) is 52.0 Å². The lowest BCUT2D eigenvalue weighted by atomic mass is 9.98. The topological polar surface area (TPSA) is 113 Å². The van der Waals surface area contributed by atoms with Gasteiger partial charge < -0.3 is 10.1 Å². The van der Waals surface area contributed by atoms with Gasteiger partial charge in [0.15, 0.2) is 0 Å². The van der Waals surface area contributed by atoms with Gasteiger partial charge >= 0.3 is 0 Å². The largest absolute Gasteiger partial charge is 0.495 e. The summed E-state index contributed by atoms with van der Waals surface area (Å²) in [5, 5.41) is 3.29. The zero-order chi connectivity index (χ0) is 26.8. The van der Waals surface area contributed by atoms with Crippen LogP contribution in [0.2, 0.25) is 10.0 Å². The molecule has 4 rings (SSSR count). The van der Waals surface area contributed by atoms with E-state index in [4.69, 9.17) is 27.9 Å². The average Bonchev–Trinajstić information content (AvgIpc) is 3.42. The van der Waals surface area contributed by atoms with Crippen molar-refractivity contribution in [1.29, 1.82) is 0 Å². The van der Waals surface area contributed by atoms with Gasteiger partial charge in [-0.05, 0) is 56.0 Å². The first-order chi connectivity index (χ1) is 17.5. The summed E-state index contributed by atoms with van der Waals surface area (Å²) in [7, 11) is -6.06. The predicted octanol–water partition coefficient (Wildman–Crippen LogP) is 3.97. The highest BCUT2D eigenvalue weighted by atomic mass is 35.5. The monoisotopic (exact) mass is 589 g/mol. The van der Waals surface area contributed by atoms with Gasteiger partial charge in [-0.25, -0.2) is 21.1 Å². The molecule has 37 heavy (non-hydrogen) atoms. The summed E-state index contributed by atoms with van der Waals surface area (Å²) in [6.07, 6.45) is 2.60. The van der Waals surface area contributed by atoms with Gasteiger partial charge in [0, 0.05) is 41.8 Å². The Hall–Kier alpha value is -1.89. The lowest BCUT2D eigenvalue weighted by molar-refractivity contribution is -0.120. The summed E-state index contributed by atoms with van der Waals surface area (Å²) in [5.74, 6) is -1.11. The van der Waals surface area contributed by atoms with Crippen molar-refractivity contribution in [2.45, 2.75) is 36.3 Å². The van der Waals surface area contributed by atoms with Gasteiger partial charge in [-0.3, -0.25) is 4.79 Å². The van der Waals surface area contributed by atoms with Crippen LogP contribution in [0.15, 0.2) is 41.3 Å². The van der Waals surface area contributed by atoms with Crippen LogP contribution < -0.4 is 10.1 Å². The van der Waals surface area contributed by atoms with Crippen LogP contribution in [-0.4, -0.2) is 64.6 Å². The molecule has 2 saturated heterocycles. The van der Waals surface area contributed by atoms with E-state index in [1.807, 2.05) is 0 Å². The molecular weight excluding hydrogens is 561 g/mol. The van der Waals surface area contributed by atoms with Crippen LogP contribution in [0.4, 0.5) is 5.69 Å². The maximum absolute atomic E-state index is 13.2. The molecule has 0 aliphatic carbocycles. The Balaban J connectivity index is 1.50. The molecule has 1 atom stereocenters. The fourth-order valence-corrected chi connectivity index (χ4v) is 8.52. The van der Waals surface area contributed by atoms with Gasteiger partial charge in [0.2, 0.25) is 26.0 Å². The maximum atomic E-state index is 13.2. The summed E-state index contributed by atoms with van der Waals surface area (Å²) in [6, 6.07) is 9.15. The number of hydrogen-bond acceptors (Lipinski definition) is 6. The van der Waals surface area contributed by atoms with Crippen LogP contribution in [-0.2, 0) is 30.6 Å². The molecule has 9 nitrogen and oxygen atoms in total.